The second-order valence-electron chi connectivity index (χ2n) is 5.98. The summed E-state index contributed by atoms with van der Waals surface area (Å²) in [5.41, 5.74) is 2.16. The molecule has 0 unspecified atom stereocenters. The van der Waals surface area contributed by atoms with Crippen molar-refractivity contribution in [3.63, 3.8) is 0 Å². The summed E-state index contributed by atoms with van der Waals surface area (Å²) >= 11 is 3.38. The van der Waals surface area contributed by atoms with E-state index in [4.69, 9.17) is 0 Å². The van der Waals surface area contributed by atoms with Gasteiger partial charge in [0, 0.05) is 21.1 Å². The molecule has 28 heavy (non-hydrogen) atoms. The number of carbonyl (C=O) groups is 1. The fraction of sp³-hybridized carbons (Fsp3) is 0.0455. The number of anilines is 1. The average Bonchev–Trinajstić information content (AvgIpc) is 3.27. The van der Waals surface area contributed by atoms with E-state index >= 15 is 0 Å². The Kier molecular flexibility index (Phi) is 5.80. The predicted molar refractivity (Wildman–Crippen MR) is 116 cm³/mol. The van der Waals surface area contributed by atoms with Gasteiger partial charge in [-0.15, -0.1) is 23.1 Å². The normalized spacial score (nSPS) is 10.6. The molecule has 4 rings (SSSR count). The lowest BCUT2D eigenvalue weighted by Gasteiger charge is -2.09. The van der Waals surface area contributed by atoms with Gasteiger partial charge in [-0.3, -0.25) is 4.79 Å². The second-order valence-corrected chi connectivity index (χ2v) is 8.03. The number of amides is 1. The van der Waals surface area contributed by atoms with Crippen molar-refractivity contribution in [2.75, 3.05) is 5.32 Å². The van der Waals surface area contributed by atoms with Crippen molar-refractivity contribution in [2.24, 2.45) is 0 Å². The molecule has 2 heterocycles. The van der Waals surface area contributed by atoms with Gasteiger partial charge in [-0.1, -0.05) is 48.5 Å². The maximum absolute atomic E-state index is 12.8. The first-order chi connectivity index (χ1) is 13.8. The third-order valence-corrected chi connectivity index (χ3v) is 6.20. The first kappa shape index (κ1) is 18.4. The van der Waals surface area contributed by atoms with E-state index < -0.39 is 0 Å². The number of benzene rings is 2. The Morgan fingerprint density at radius 1 is 0.929 bits per heavy atom. The van der Waals surface area contributed by atoms with Crippen LogP contribution in [0.2, 0.25) is 0 Å². The number of hydrogen-bond donors (Lipinski definition) is 1. The van der Waals surface area contributed by atoms with Crippen LogP contribution >= 0.6 is 23.1 Å². The molecule has 4 aromatic rings. The Hall–Kier alpha value is -2.96. The standard InChI is InChI=1S/C22H17N3OS2/c26-22(19-10-4-5-11-20(19)28-15-18-9-6-12-27-18)25-17-13-23-21(24-14-17)16-7-2-1-3-8-16/h1-14H,15H2,(H,25,26). The molecule has 0 saturated carbocycles. The maximum atomic E-state index is 12.8. The van der Waals surface area contributed by atoms with Crippen molar-refractivity contribution >= 4 is 34.7 Å². The van der Waals surface area contributed by atoms with E-state index in [2.05, 4.69) is 26.7 Å². The molecule has 0 aliphatic carbocycles. The zero-order chi connectivity index (χ0) is 19.2. The van der Waals surface area contributed by atoms with Crippen molar-refractivity contribution in [3.8, 4) is 11.4 Å². The summed E-state index contributed by atoms with van der Waals surface area (Å²) in [6.07, 6.45) is 3.27. The minimum absolute atomic E-state index is 0.162. The lowest BCUT2D eigenvalue weighted by molar-refractivity contribution is 0.102. The SMILES string of the molecule is O=C(Nc1cnc(-c2ccccc2)nc1)c1ccccc1SCc1cccs1. The number of aromatic nitrogens is 2. The summed E-state index contributed by atoms with van der Waals surface area (Å²) in [5.74, 6) is 1.31. The average molecular weight is 404 g/mol. The van der Waals surface area contributed by atoms with E-state index in [0.29, 0.717) is 17.1 Å². The smallest absolute Gasteiger partial charge is 0.256 e. The zero-order valence-electron chi connectivity index (χ0n) is 14.9. The molecule has 1 amide bonds. The van der Waals surface area contributed by atoms with Gasteiger partial charge in [-0.2, -0.15) is 0 Å². The van der Waals surface area contributed by atoms with Gasteiger partial charge in [-0.05, 0) is 23.6 Å². The molecule has 2 aromatic heterocycles. The van der Waals surface area contributed by atoms with Crippen LogP contribution in [0.25, 0.3) is 11.4 Å². The largest absolute Gasteiger partial charge is 0.319 e. The van der Waals surface area contributed by atoms with Gasteiger partial charge < -0.3 is 5.32 Å². The van der Waals surface area contributed by atoms with Crippen molar-refractivity contribution in [3.05, 3.63) is 94.9 Å². The molecule has 0 saturated heterocycles. The fourth-order valence-electron chi connectivity index (χ4n) is 2.65. The molecule has 0 atom stereocenters. The van der Waals surface area contributed by atoms with E-state index in [1.165, 1.54) is 4.88 Å². The molecule has 0 fully saturated rings. The minimum Gasteiger partial charge on any atom is -0.319 e. The summed E-state index contributed by atoms with van der Waals surface area (Å²) in [6, 6.07) is 21.5. The van der Waals surface area contributed by atoms with Crippen LogP contribution in [0.4, 0.5) is 5.69 Å². The fourth-order valence-corrected chi connectivity index (χ4v) is 4.47. The number of nitrogens with zero attached hydrogens (tertiary/aromatic N) is 2. The summed E-state index contributed by atoms with van der Waals surface area (Å²) < 4.78 is 0. The van der Waals surface area contributed by atoms with Gasteiger partial charge in [0.1, 0.15) is 0 Å². The highest BCUT2D eigenvalue weighted by Crippen LogP contribution is 2.28. The van der Waals surface area contributed by atoms with Gasteiger partial charge in [0.15, 0.2) is 5.82 Å². The van der Waals surface area contributed by atoms with Crippen LogP contribution in [0.5, 0.6) is 0 Å². The van der Waals surface area contributed by atoms with Crippen LogP contribution in [-0.4, -0.2) is 15.9 Å². The Labute approximate surface area is 171 Å². The van der Waals surface area contributed by atoms with Gasteiger partial charge >= 0.3 is 0 Å². The Bertz CT molecular complexity index is 1050. The molecule has 0 aliphatic rings. The highest BCUT2D eigenvalue weighted by Gasteiger charge is 2.12. The van der Waals surface area contributed by atoms with E-state index in [0.717, 1.165) is 16.2 Å². The van der Waals surface area contributed by atoms with Gasteiger partial charge in [0.25, 0.3) is 5.91 Å². The molecule has 6 heteroatoms. The lowest BCUT2D eigenvalue weighted by Crippen LogP contribution is -2.13. The Morgan fingerprint density at radius 3 is 2.43 bits per heavy atom. The number of rotatable bonds is 6. The minimum atomic E-state index is -0.162. The molecule has 0 aliphatic heterocycles. The van der Waals surface area contributed by atoms with Crippen molar-refractivity contribution in [1.82, 2.24) is 9.97 Å². The van der Waals surface area contributed by atoms with E-state index in [9.17, 15) is 4.79 Å². The molecule has 138 valence electrons. The van der Waals surface area contributed by atoms with Crippen LogP contribution in [-0.2, 0) is 5.75 Å². The second kappa shape index (κ2) is 8.82. The maximum Gasteiger partial charge on any atom is 0.256 e. The molecule has 0 spiro atoms. The Morgan fingerprint density at radius 2 is 1.68 bits per heavy atom. The van der Waals surface area contributed by atoms with Gasteiger partial charge in [0.05, 0.1) is 23.6 Å². The number of nitrogens with one attached hydrogen (secondary N) is 1. The van der Waals surface area contributed by atoms with E-state index in [-0.39, 0.29) is 5.91 Å². The quantitative estimate of drug-likeness (QED) is 0.417. The van der Waals surface area contributed by atoms with Gasteiger partial charge in [0.2, 0.25) is 0 Å². The topological polar surface area (TPSA) is 54.9 Å². The van der Waals surface area contributed by atoms with Crippen molar-refractivity contribution in [2.45, 2.75) is 10.6 Å². The molecular formula is C22H17N3OS2. The first-order valence-electron chi connectivity index (χ1n) is 8.72. The van der Waals surface area contributed by atoms with Crippen LogP contribution in [0.1, 0.15) is 15.2 Å². The number of thiophene rings is 1. The molecule has 4 nitrogen and oxygen atoms in total. The molecular weight excluding hydrogens is 386 g/mol. The number of hydrogen-bond acceptors (Lipinski definition) is 5. The van der Waals surface area contributed by atoms with E-state index in [1.54, 1.807) is 35.5 Å². The third kappa shape index (κ3) is 4.47. The summed E-state index contributed by atoms with van der Waals surface area (Å²) in [5, 5.41) is 4.96. The van der Waals surface area contributed by atoms with Crippen LogP contribution in [0, 0.1) is 0 Å². The monoisotopic (exact) mass is 403 g/mol. The predicted octanol–water partition coefficient (Wildman–Crippen LogP) is 5.75. The first-order valence-corrected chi connectivity index (χ1v) is 10.6. The summed E-state index contributed by atoms with van der Waals surface area (Å²) in [4.78, 5) is 23.7. The third-order valence-electron chi connectivity index (χ3n) is 4.02. The van der Waals surface area contributed by atoms with Crippen molar-refractivity contribution in [1.29, 1.82) is 0 Å². The highest BCUT2D eigenvalue weighted by atomic mass is 32.2. The van der Waals surface area contributed by atoms with Gasteiger partial charge in [-0.25, -0.2) is 9.97 Å². The molecule has 0 bridgehead atoms. The summed E-state index contributed by atoms with van der Waals surface area (Å²) in [7, 11) is 0. The zero-order valence-corrected chi connectivity index (χ0v) is 16.5. The molecule has 1 N–H and O–H groups in total. The van der Waals surface area contributed by atoms with Crippen LogP contribution in [0.15, 0.2) is 89.4 Å². The summed E-state index contributed by atoms with van der Waals surface area (Å²) in [6.45, 7) is 0. The van der Waals surface area contributed by atoms with E-state index in [1.807, 2.05) is 60.7 Å². The van der Waals surface area contributed by atoms with Crippen molar-refractivity contribution < 1.29 is 4.79 Å². The number of thioether (sulfide) groups is 1. The van der Waals surface area contributed by atoms with Crippen LogP contribution in [0.3, 0.4) is 0 Å². The lowest BCUT2D eigenvalue weighted by atomic mass is 10.2. The molecule has 0 radical (unpaired) electrons. The number of carbonyl (C=O) groups excluding carboxylic acids is 1. The molecule has 2 aromatic carbocycles. The highest BCUT2D eigenvalue weighted by molar-refractivity contribution is 7.98. The van der Waals surface area contributed by atoms with Crippen LogP contribution < -0.4 is 5.32 Å². The Balaban J connectivity index is 1.46.